The number of anilines is 1. The second-order valence-corrected chi connectivity index (χ2v) is 6.62. The Bertz CT molecular complexity index is 1120. The summed E-state index contributed by atoms with van der Waals surface area (Å²) in [6.07, 6.45) is 1.60. The SMILES string of the molecule is Cc1ccc(-c2cc(-c3ccccc3)nc(NN=Cc3ccc(F)cc3)n2)cc1. The Balaban J connectivity index is 1.67. The first-order valence-electron chi connectivity index (χ1n) is 9.23. The summed E-state index contributed by atoms with van der Waals surface area (Å²) in [5, 5.41) is 4.20. The highest BCUT2D eigenvalue weighted by Gasteiger charge is 2.08. The normalized spacial score (nSPS) is 11.0. The van der Waals surface area contributed by atoms with Crippen LogP contribution < -0.4 is 5.43 Å². The molecule has 0 bridgehead atoms. The quantitative estimate of drug-likeness (QED) is 0.356. The molecule has 0 aliphatic rings. The lowest BCUT2D eigenvalue weighted by Crippen LogP contribution is -2.00. The number of hydrogen-bond donors (Lipinski definition) is 1. The maximum atomic E-state index is 13.0. The summed E-state index contributed by atoms with van der Waals surface area (Å²) in [4.78, 5) is 9.20. The molecule has 4 nitrogen and oxygen atoms in total. The van der Waals surface area contributed by atoms with Crippen molar-refractivity contribution < 1.29 is 4.39 Å². The van der Waals surface area contributed by atoms with Gasteiger partial charge in [0.15, 0.2) is 0 Å². The molecule has 29 heavy (non-hydrogen) atoms. The highest BCUT2D eigenvalue weighted by atomic mass is 19.1. The number of hydrogen-bond acceptors (Lipinski definition) is 4. The first kappa shape index (κ1) is 18.5. The van der Waals surface area contributed by atoms with Crippen molar-refractivity contribution >= 4 is 12.2 Å². The van der Waals surface area contributed by atoms with Crippen molar-refractivity contribution in [3.63, 3.8) is 0 Å². The Morgan fingerprint density at radius 1 is 0.793 bits per heavy atom. The molecule has 3 aromatic carbocycles. The lowest BCUT2D eigenvalue weighted by Gasteiger charge is -2.08. The van der Waals surface area contributed by atoms with Crippen molar-refractivity contribution in [2.75, 3.05) is 5.43 Å². The predicted octanol–water partition coefficient (Wildman–Crippen LogP) is 5.70. The average Bonchev–Trinajstić information content (AvgIpc) is 2.76. The molecule has 4 rings (SSSR count). The molecule has 0 radical (unpaired) electrons. The van der Waals surface area contributed by atoms with Gasteiger partial charge in [-0.15, -0.1) is 0 Å². The van der Waals surface area contributed by atoms with Gasteiger partial charge in [0.1, 0.15) is 5.82 Å². The van der Waals surface area contributed by atoms with Crippen LogP contribution in [0.25, 0.3) is 22.5 Å². The van der Waals surface area contributed by atoms with E-state index in [9.17, 15) is 4.39 Å². The third-order valence-electron chi connectivity index (χ3n) is 4.39. The van der Waals surface area contributed by atoms with Crippen LogP contribution in [0.3, 0.4) is 0 Å². The summed E-state index contributed by atoms with van der Waals surface area (Å²) in [6.45, 7) is 2.05. The topological polar surface area (TPSA) is 50.2 Å². The maximum Gasteiger partial charge on any atom is 0.244 e. The van der Waals surface area contributed by atoms with Gasteiger partial charge in [-0.3, -0.25) is 0 Å². The number of nitrogens with zero attached hydrogens (tertiary/aromatic N) is 3. The Labute approximate surface area is 168 Å². The van der Waals surface area contributed by atoms with E-state index in [1.807, 2.05) is 48.5 Å². The van der Waals surface area contributed by atoms with Crippen molar-refractivity contribution in [3.05, 3.63) is 102 Å². The number of rotatable bonds is 5. The molecular weight excluding hydrogens is 363 g/mol. The van der Waals surface area contributed by atoms with Gasteiger partial charge in [0.05, 0.1) is 17.6 Å². The third kappa shape index (κ3) is 4.71. The Morgan fingerprint density at radius 3 is 2.07 bits per heavy atom. The van der Waals surface area contributed by atoms with Crippen LogP contribution in [0.15, 0.2) is 90.0 Å². The number of aromatic nitrogens is 2. The van der Waals surface area contributed by atoms with Crippen LogP contribution in [-0.4, -0.2) is 16.2 Å². The van der Waals surface area contributed by atoms with Crippen LogP contribution in [0, 0.1) is 12.7 Å². The van der Waals surface area contributed by atoms with Crippen molar-refractivity contribution in [2.24, 2.45) is 5.10 Å². The van der Waals surface area contributed by atoms with Gasteiger partial charge in [-0.2, -0.15) is 5.10 Å². The minimum absolute atomic E-state index is 0.281. The van der Waals surface area contributed by atoms with Crippen LogP contribution in [-0.2, 0) is 0 Å². The molecule has 0 saturated heterocycles. The molecule has 0 aliphatic carbocycles. The predicted molar refractivity (Wildman–Crippen MR) is 115 cm³/mol. The fourth-order valence-electron chi connectivity index (χ4n) is 2.84. The molecule has 1 heterocycles. The summed E-state index contributed by atoms with van der Waals surface area (Å²) in [7, 11) is 0. The van der Waals surface area contributed by atoms with Gasteiger partial charge in [-0.05, 0) is 30.7 Å². The fourth-order valence-corrected chi connectivity index (χ4v) is 2.84. The molecular formula is C24H19FN4. The van der Waals surface area contributed by atoms with E-state index in [0.717, 1.165) is 28.1 Å². The molecule has 0 saturated carbocycles. The van der Waals surface area contributed by atoms with Gasteiger partial charge in [-0.1, -0.05) is 72.3 Å². The summed E-state index contributed by atoms with van der Waals surface area (Å²) in [6, 6.07) is 26.2. The van der Waals surface area contributed by atoms with Crippen molar-refractivity contribution in [2.45, 2.75) is 6.92 Å². The Morgan fingerprint density at radius 2 is 1.41 bits per heavy atom. The van der Waals surface area contributed by atoms with Gasteiger partial charge < -0.3 is 0 Å². The van der Waals surface area contributed by atoms with Crippen molar-refractivity contribution in [1.82, 2.24) is 9.97 Å². The van der Waals surface area contributed by atoms with E-state index in [0.29, 0.717) is 5.95 Å². The molecule has 5 heteroatoms. The van der Waals surface area contributed by atoms with Crippen LogP contribution >= 0.6 is 0 Å². The molecule has 0 amide bonds. The minimum Gasteiger partial charge on any atom is -0.245 e. The van der Waals surface area contributed by atoms with Gasteiger partial charge in [-0.25, -0.2) is 19.8 Å². The first-order chi connectivity index (χ1) is 14.2. The number of nitrogens with one attached hydrogen (secondary N) is 1. The zero-order valence-corrected chi connectivity index (χ0v) is 15.9. The van der Waals surface area contributed by atoms with Gasteiger partial charge in [0.25, 0.3) is 0 Å². The van der Waals surface area contributed by atoms with E-state index in [4.69, 9.17) is 0 Å². The molecule has 0 unspecified atom stereocenters. The second kappa shape index (κ2) is 8.44. The summed E-state index contributed by atoms with van der Waals surface area (Å²) in [5.41, 5.74) is 8.46. The number of hydrazone groups is 1. The summed E-state index contributed by atoms with van der Waals surface area (Å²) < 4.78 is 13.0. The zero-order chi connectivity index (χ0) is 20.1. The van der Waals surface area contributed by atoms with Crippen LogP contribution in [0.1, 0.15) is 11.1 Å². The van der Waals surface area contributed by atoms with E-state index in [-0.39, 0.29) is 5.82 Å². The number of halogens is 1. The monoisotopic (exact) mass is 382 g/mol. The second-order valence-electron chi connectivity index (χ2n) is 6.62. The molecule has 0 aliphatic heterocycles. The third-order valence-corrected chi connectivity index (χ3v) is 4.39. The van der Waals surface area contributed by atoms with E-state index in [2.05, 4.69) is 39.6 Å². The minimum atomic E-state index is -0.281. The van der Waals surface area contributed by atoms with Crippen LogP contribution in [0.2, 0.25) is 0 Å². The molecule has 0 fully saturated rings. The highest BCUT2D eigenvalue weighted by Crippen LogP contribution is 2.25. The lowest BCUT2D eigenvalue weighted by molar-refractivity contribution is 0.628. The van der Waals surface area contributed by atoms with E-state index in [1.54, 1.807) is 18.3 Å². The van der Waals surface area contributed by atoms with E-state index in [1.165, 1.54) is 17.7 Å². The zero-order valence-electron chi connectivity index (χ0n) is 15.9. The molecule has 0 atom stereocenters. The fraction of sp³-hybridized carbons (Fsp3) is 0.0417. The first-order valence-corrected chi connectivity index (χ1v) is 9.23. The molecule has 4 aromatic rings. The van der Waals surface area contributed by atoms with E-state index >= 15 is 0 Å². The van der Waals surface area contributed by atoms with Crippen LogP contribution in [0.5, 0.6) is 0 Å². The standard InChI is InChI=1S/C24H19FN4/c1-17-7-11-20(12-8-17)23-15-22(19-5-3-2-4-6-19)27-24(28-23)29-26-16-18-9-13-21(25)14-10-18/h2-16H,1H3,(H,27,28,29). The largest absolute Gasteiger partial charge is 0.245 e. The summed E-state index contributed by atoms with van der Waals surface area (Å²) in [5.74, 6) is 0.108. The highest BCUT2D eigenvalue weighted by molar-refractivity contribution is 5.80. The van der Waals surface area contributed by atoms with Gasteiger partial charge in [0.2, 0.25) is 5.95 Å². The van der Waals surface area contributed by atoms with Gasteiger partial charge in [0, 0.05) is 11.1 Å². The van der Waals surface area contributed by atoms with Crippen LogP contribution in [0.4, 0.5) is 10.3 Å². The van der Waals surface area contributed by atoms with Crippen molar-refractivity contribution in [1.29, 1.82) is 0 Å². The van der Waals surface area contributed by atoms with Gasteiger partial charge >= 0.3 is 0 Å². The average molecular weight is 382 g/mol. The van der Waals surface area contributed by atoms with Crippen molar-refractivity contribution in [3.8, 4) is 22.5 Å². The summed E-state index contributed by atoms with van der Waals surface area (Å²) >= 11 is 0. The smallest absolute Gasteiger partial charge is 0.244 e. The maximum absolute atomic E-state index is 13.0. The lowest BCUT2D eigenvalue weighted by atomic mass is 10.1. The van der Waals surface area contributed by atoms with E-state index < -0.39 is 0 Å². The molecule has 142 valence electrons. The Hall–Kier alpha value is -3.86. The molecule has 1 N–H and O–H groups in total. The Kier molecular flexibility index (Phi) is 5.38. The number of benzene rings is 3. The number of aryl methyl sites for hydroxylation is 1. The molecule has 0 spiro atoms. The molecule has 1 aromatic heterocycles.